The van der Waals surface area contributed by atoms with E-state index < -0.39 is 4.75 Å². The molecule has 0 saturated carbocycles. The summed E-state index contributed by atoms with van der Waals surface area (Å²) in [5.74, 6) is 0. The van der Waals surface area contributed by atoms with Crippen molar-refractivity contribution in [1.29, 1.82) is 5.41 Å². The molecular weight excluding hydrogens is 468 g/mol. The third kappa shape index (κ3) is 7.94. The molecule has 2 nitrogen and oxygen atoms in total. The zero-order chi connectivity index (χ0) is 29.1. The average Bonchev–Trinajstić information content (AvgIpc) is 2.90. The summed E-state index contributed by atoms with van der Waals surface area (Å²) in [5, 5.41) is 8.45. The molecule has 0 saturated heterocycles. The first-order chi connectivity index (χ1) is 17.4. The summed E-state index contributed by atoms with van der Waals surface area (Å²) in [7, 11) is 0. The van der Waals surface area contributed by atoms with Crippen molar-refractivity contribution >= 4 is 23.9 Å². The maximum Gasteiger partial charge on any atom is 0.0749 e. The van der Waals surface area contributed by atoms with E-state index in [1.54, 1.807) is 0 Å². The Hall–Kier alpha value is -2.10. The Morgan fingerprint density at radius 3 is 2.03 bits per heavy atom. The second-order valence-corrected chi connectivity index (χ2v) is 10.3. The van der Waals surface area contributed by atoms with Gasteiger partial charge in [-0.05, 0) is 123 Å². The summed E-state index contributed by atoms with van der Waals surface area (Å²) < 4.78 is -0.647. The lowest BCUT2D eigenvalue weighted by Gasteiger charge is -2.31. The van der Waals surface area contributed by atoms with Crippen molar-refractivity contribution in [2.75, 3.05) is 6.54 Å². The van der Waals surface area contributed by atoms with Crippen LogP contribution in [0.2, 0.25) is 0 Å². The standard InChI is InChI=1S/C30H42N2S.2C2H6/c1-10-30(33,24(9)32)28(22(7)18(2)3)16-21(6)23(8)27(17-31)26-13-11-12-25-19(4)14-15-20(5)29(25)26;2*1-2/h14-16,32-33H,2,8,10-13,17,31H2,1,3-7,9H3;2*1-2H3/b21-16+,27-26-,28-22+,32-24?;;/t30-;;/m1../s1. The molecule has 0 radical (unpaired) electrons. The van der Waals surface area contributed by atoms with Gasteiger partial charge in [0.1, 0.15) is 0 Å². The Balaban J connectivity index is 0.00000308. The van der Waals surface area contributed by atoms with Gasteiger partial charge in [0.05, 0.1) is 4.75 Å². The predicted molar refractivity (Wildman–Crippen MR) is 173 cm³/mol. The Kier molecular flexibility index (Phi) is 15.1. The maximum absolute atomic E-state index is 8.45. The number of hydrogen-bond acceptors (Lipinski definition) is 3. The van der Waals surface area contributed by atoms with Gasteiger partial charge in [-0.25, -0.2) is 0 Å². The number of benzene rings is 1. The molecular formula is C34H54N2S. The summed E-state index contributed by atoms with van der Waals surface area (Å²) in [6.45, 7) is 31.6. The zero-order valence-corrected chi connectivity index (χ0v) is 26.6. The van der Waals surface area contributed by atoms with Crippen LogP contribution in [-0.4, -0.2) is 17.0 Å². The van der Waals surface area contributed by atoms with Crippen LogP contribution < -0.4 is 5.73 Å². The number of fused-ring (bicyclic) bond motifs is 1. The van der Waals surface area contributed by atoms with E-state index in [4.69, 9.17) is 23.8 Å². The molecule has 0 spiro atoms. The highest BCUT2D eigenvalue weighted by Crippen LogP contribution is 2.40. The van der Waals surface area contributed by atoms with E-state index >= 15 is 0 Å². The van der Waals surface area contributed by atoms with Crippen LogP contribution >= 0.6 is 12.6 Å². The molecule has 1 atom stereocenters. The van der Waals surface area contributed by atoms with E-state index in [0.29, 0.717) is 12.3 Å². The molecule has 0 aromatic heterocycles. The third-order valence-corrected chi connectivity index (χ3v) is 8.19. The molecule has 3 heteroatoms. The van der Waals surface area contributed by atoms with Crippen molar-refractivity contribution in [3.63, 3.8) is 0 Å². The number of rotatable bonds is 8. The smallest absolute Gasteiger partial charge is 0.0749 e. The Morgan fingerprint density at radius 2 is 1.57 bits per heavy atom. The number of nitrogens with one attached hydrogen (secondary N) is 1. The molecule has 0 unspecified atom stereocenters. The van der Waals surface area contributed by atoms with E-state index in [0.717, 1.165) is 59.1 Å². The molecule has 1 aliphatic carbocycles. The Morgan fingerprint density at radius 1 is 1.03 bits per heavy atom. The normalized spacial score (nSPS) is 16.5. The Labute approximate surface area is 234 Å². The molecule has 3 N–H and O–H groups in total. The van der Waals surface area contributed by atoms with Crippen molar-refractivity contribution in [3.05, 3.63) is 87.1 Å². The first-order valence-corrected chi connectivity index (χ1v) is 14.4. The summed E-state index contributed by atoms with van der Waals surface area (Å²) in [6, 6.07) is 4.45. The minimum Gasteiger partial charge on any atom is -0.326 e. The van der Waals surface area contributed by atoms with Gasteiger partial charge in [-0.2, -0.15) is 12.6 Å². The van der Waals surface area contributed by atoms with E-state index in [2.05, 4.69) is 66.0 Å². The third-order valence-electron chi connectivity index (χ3n) is 7.30. The zero-order valence-electron chi connectivity index (χ0n) is 25.7. The molecule has 0 fully saturated rings. The van der Waals surface area contributed by atoms with Crippen LogP contribution in [0.4, 0.5) is 0 Å². The molecule has 1 aromatic rings. The summed E-state index contributed by atoms with van der Waals surface area (Å²) in [6.07, 6.45) is 6.15. The quantitative estimate of drug-likeness (QED) is 0.177. The van der Waals surface area contributed by atoms with Crippen LogP contribution in [-0.2, 0) is 6.42 Å². The highest BCUT2D eigenvalue weighted by atomic mass is 32.1. The van der Waals surface area contributed by atoms with Crippen molar-refractivity contribution in [2.45, 2.75) is 107 Å². The van der Waals surface area contributed by atoms with Gasteiger partial charge in [0.25, 0.3) is 0 Å². The maximum atomic E-state index is 8.45. The molecule has 37 heavy (non-hydrogen) atoms. The molecule has 1 aliphatic rings. The van der Waals surface area contributed by atoms with Crippen LogP contribution in [0.1, 0.15) is 104 Å². The lowest BCUT2D eigenvalue weighted by Crippen LogP contribution is -2.32. The minimum absolute atomic E-state index is 0.452. The van der Waals surface area contributed by atoms with Gasteiger partial charge in [-0.3, -0.25) is 0 Å². The van der Waals surface area contributed by atoms with Crippen LogP contribution in [0, 0.1) is 19.3 Å². The number of thiol groups is 1. The molecule has 0 aliphatic heterocycles. The van der Waals surface area contributed by atoms with Gasteiger partial charge in [-0.15, -0.1) is 0 Å². The van der Waals surface area contributed by atoms with Gasteiger partial charge in [0.2, 0.25) is 0 Å². The molecule has 206 valence electrons. The molecule has 0 heterocycles. The number of hydrogen-bond donors (Lipinski definition) is 3. The van der Waals surface area contributed by atoms with Gasteiger partial charge in [0.15, 0.2) is 0 Å². The van der Waals surface area contributed by atoms with E-state index in [1.165, 1.54) is 27.8 Å². The number of aryl methyl sites for hydroxylation is 2. The summed E-state index contributed by atoms with van der Waals surface area (Å²) >= 11 is 4.99. The average molecular weight is 523 g/mol. The van der Waals surface area contributed by atoms with E-state index in [1.807, 2.05) is 41.5 Å². The molecule has 0 bridgehead atoms. The van der Waals surface area contributed by atoms with Crippen LogP contribution in [0.25, 0.3) is 5.57 Å². The first-order valence-electron chi connectivity index (χ1n) is 13.9. The van der Waals surface area contributed by atoms with Crippen LogP contribution in [0.3, 0.4) is 0 Å². The van der Waals surface area contributed by atoms with Gasteiger partial charge in [-0.1, -0.05) is 71.6 Å². The fraction of sp³-hybridized carbons (Fsp3) is 0.500. The number of allylic oxidation sites excluding steroid dienone is 5. The molecule has 0 amide bonds. The van der Waals surface area contributed by atoms with E-state index in [9.17, 15) is 0 Å². The van der Waals surface area contributed by atoms with Crippen LogP contribution in [0.15, 0.2) is 64.8 Å². The van der Waals surface area contributed by atoms with E-state index in [-0.39, 0.29) is 0 Å². The van der Waals surface area contributed by atoms with Crippen LogP contribution in [0.5, 0.6) is 0 Å². The lowest BCUT2D eigenvalue weighted by atomic mass is 9.78. The SMILES string of the molecule is C=C(C)/C(C)=C(\C=C(/C)C(=C)/C(CN)=C1/CCCc2c(C)ccc(C)c21)[C@@](S)(CC)C(C)=N.CC.CC. The summed E-state index contributed by atoms with van der Waals surface area (Å²) in [4.78, 5) is 0. The van der Waals surface area contributed by atoms with Gasteiger partial charge >= 0.3 is 0 Å². The van der Waals surface area contributed by atoms with Crippen molar-refractivity contribution < 1.29 is 0 Å². The summed E-state index contributed by atoms with van der Waals surface area (Å²) in [5.41, 5.74) is 20.0. The predicted octanol–water partition coefficient (Wildman–Crippen LogP) is 9.92. The first kappa shape index (κ1) is 34.9. The fourth-order valence-corrected chi connectivity index (χ4v) is 5.11. The molecule has 1 aromatic carbocycles. The van der Waals surface area contributed by atoms with Crippen molar-refractivity contribution in [3.8, 4) is 0 Å². The largest absolute Gasteiger partial charge is 0.326 e. The lowest BCUT2D eigenvalue weighted by molar-refractivity contribution is 0.807. The Bertz CT molecular complexity index is 1080. The van der Waals surface area contributed by atoms with Crippen molar-refractivity contribution in [2.24, 2.45) is 5.73 Å². The van der Waals surface area contributed by atoms with Gasteiger partial charge in [0, 0.05) is 12.3 Å². The topological polar surface area (TPSA) is 49.9 Å². The second kappa shape index (κ2) is 16.0. The van der Waals surface area contributed by atoms with Gasteiger partial charge < -0.3 is 11.1 Å². The molecule has 2 rings (SSSR count). The highest BCUT2D eigenvalue weighted by Gasteiger charge is 2.32. The van der Waals surface area contributed by atoms with Crippen molar-refractivity contribution in [1.82, 2.24) is 0 Å². The number of nitrogens with two attached hydrogens (primary N) is 1. The fourth-order valence-electron chi connectivity index (χ4n) is 4.88. The monoisotopic (exact) mass is 522 g/mol. The second-order valence-electron chi connectivity index (χ2n) is 9.53. The highest BCUT2D eigenvalue weighted by molar-refractivity contribution is 7.83. The minimum atomic E-state index is -0.647.